The number of likely N-dealkylation sites (tertiary alicyclic amines) is 1. The van der Waals surface area contributed by atoms with Crippen LogP contribution in [0.4, 0.5) is 0 Å². The summed E-state index contributed by atoms with van der Waals surface area (Å²) in [4.78, 5) is 22.3. The smallest absolute Gasteiger partial charge is 0.251 e. The summed E-state index contributed by atoms with van der Waals surface area (Å²) in [7, 11) is 0. The van der Waals surface area contributed by atoms with Gasteiger partial charge in [0.1, 0.15) is 17.9 Å². The lowest BCUT2D eigenvalue weighted by molar-refractivity contribution is -0.129. The Bertz CT molecular complexity index is 994. The van der Waals surface area contributed by atoms with Crippen molar-refractivity contribution >= 4 is 16.9 Å². The minimum atomic E-state index is -0.211. The van der Waals surface area contributed by atoms with E-state index in [2.05, 4.69) is 15.1 Å². The van der Waals surface area contributed by atoms with Gasteiger partial charge >= 0.3 is 0 Å². The maximum Gasteiger partial charge on any atom is 0.251 e. The fourth-order valence-corrected chi connectivity index (χ4v) is 3.02. The number of nitriles is 1. The van der Waals surface area contributed by atoms with Crippen LogP contribution in [0.25, 0.3) is 11.0 Å². The van der Waals surface area contributed by atoms with Crippen molar-refractivity contribution < 1.29 is 14.1 Å². The van der Waals surface area contributed by atoms with Gasteiger partial charge in [0.2, 0.25) is 11.6 Å². The molecule has 8 nitrogen and oxygen atoms in total. The normalized spacial score (nSPS) is 16.6. The molecule has 1 aromatic carbocycles. The average molecular weight is 349 g/mol. The molecule has 0 bridgehead atoms. The molecule has 130 valence electrons. The number of aromatic nitrogens is 3. The van der Waals surface area contributed by atoms with Crippen LogP contribution in [0.5, 0.6) is 5.88 Å². The second kappa shape index (κ2) is 6.80. The highest BCUT2D eigenvalue weighted by Crippen LogP contribution is 2.21. The van der Waals surface area contributed by atoms with Gasteiger partial charge in [-0.3, -0.25) is 4.79 Å². The minimum absolute atomic E-state index is 0.0326. The number of nitrogens with zero attached hydrogens (tertiary/aromatic N) is 5. The van der Waals surface area contributed by atoms with Crippen molar-refractivity contribution in [3.63, 3.8) is 0 Å². The zero-order chi connectivity index (χ0) is 17.9. The molecule has 8 heteroatoms. The summed E-state index contributed by atoms with van der Waals surface area (Å²) in [6.45, 7) is 1.03. The lowest BCUT2D eigenvalue weighted by Crippen LogP contribution is -2.32. The summed E-state index contributed by atoms with van der Waals surface area (Å²) < 4.78 is 11.0. The van der Waals surface area contributed by atoms with Crippen LogP contribution in [0.15, 0.2) is 41.2 Å². The van der Waals surface area contributed by atoms with Gasteiger partial charge in [-0.1, -0.05) is 17.3 Å². The Morgan fingerprint density at radius 3 is 3.08 bits per heavy atom. The molecule has 1 fully saturated rings. The zero-order valence-corrected chi connectivity index (χ0v) is 13.8. The van der Waals surface area contributed by atoms with Crippen LogP contribution in [0, 0.1) is 11.3 Å². The molecular formula is C18H15N5O3. The highest BCUT2D eigenvalue weighted by Gasteiger charge is 2.29. The maximum absolute atomic E-state index is 12.6. The molecule has 0 N–H and O–H groups in total. The van der Waals surface area contributed by atoms with Gasteiger partial charge in [-0.25, -0.2) is 9.97 Å². The molecule has 1 amide bonds. The van der Waals surface area contributed by atoms with E-state index in [1.54, 1.807) is 4.90 Å². The van der Waals surface area contributed by atoms with Gasteiger partial charge in [0.25, 0.3) is 5.88 Å². The Labute approximate surface area is 149 Å². The second-order valence-corrected chi connectivity index (χ2v) is 5.99. The molecule has 1 saturated heterocycles. The largest absolute Gasteiger partial charge is 0.470 e. The molecule has 1 aliphatic rings. The number of hydrogen-bond acceptors (Lipinski definition) is 7. The fraction of sp³-hybridized carbons (Fsp3) is 0.278. The summed E-state index contributed by atoms with van der Waals surface area (Å²) in [5.41, 5.74) is 1.45. The Kier molecular flexibility index (Phi) is 4.19. The van der Waals surface area contributed by atoms with Crippen LogP contribution in [0.2, 0.25) is 0 Å². The van der Waals surface area contributed by atoms with E-state index in [4.69, 9.17) is 14.5 Å². The van der Waals surface area contributed by atoms with Crippen molar-refractivity contribution in [3.8, 4) is 11.9 Å². The van der Waals surface area contributed by atoms with Crippen molar-refractivity contribution in [2.45, 2.75) is 18.9 Å². The molecule has 1 aliphatic heterocycles. The number of amides is 1. The molecule has 3 aromatic rings. The lowest BCUT2D eigenvalue weighted by Gasteiger charge is -2.16. The highest BCUT2D eigenvalue weighted by molar-refractivity contribution is 5.86. The molecule has 0 saturated carbocycles. The molecule has 0 radical (unpaired) electrons. The third-order valence-electron chi connectivity index (χ3n) is 4.32. The molecule has 26 heavy (non-hydrogen) atoms. The quantitative estimate of drug-likeness (QED) is 0.706. The van der Waals surface area contributed by atoms with E-state index in [0.29, 0.717) is 30.8 Å². The van der Waals surface area contributed by atoms with Crippen molar-refractivity contribution in [2.24, 2.45) is 0 Å². The Morgan fingerprint density at radius 1 is 1.35 bits per heavy atom. The van der Waals surface area contributed by atoms with Gasteiger partial charge in [-0.2, -0.15) is 5.26 Å². The predicted octanol–water partition coefficient (Wildman–Crippen LogP) is 1.71. The highest BCUT2D eigenvalue weighted by atomic mass is 16.5. The first-order valence-electron chi connectivity index (χ1n) is 8.23. The molecular weight excluding hydrogens is 334 g/mol. The molecule has 2 aromatic heterocycles. The van der Waals surface area contributed by atoms with Gasteiger partial charge in [-0.05, 0) is 12.1 Å². The second-order valence-electron chi connectivity index (χ2n) is 5.99. The van der Waals surface area contributed by atoms with Gasteiger partial charge < -0.3 is 14.2 Å². The van der Waals surface area contributed by atoms with E-state index < -0.39 is 0 Å². The van der Waals surface area contributed by atoms with Gasteiger partial charge in [0.15, 0.2) is 5.58 Å². The fourth-order valence-electron chi connectivity index (χ4n) is 3.02. The summed E-state index contributed by atoms with van der Waals surface area (Å²) in [5.74, 6) is 0.173. The molecule has 4 rings (SSSR count). The van der Waals surface area contributed by atoms with Crippen LogP contribution < -0.4 is 4.74 Å². The van der Waals surface area contributed by atoms with E-state index >= 15 is 0 Å². The zero-order valence-electron chi connectivity index (χ0n) is 13.8. The molecule has 0 aliphatic carbocycles. The number of para-hydroxylation sites is 1. The first kappa shape index (κ1) is 16.0. The molecule has 1 atom stereocenters. The van der Waals surface area contributed by atoms with Crippen LogP contribution in [0.1, 0.15) is 17.8 Å². The number of ether oxygens (including phenoxy) is 1. The molecule has 3 heterocycles. The first-order chi connectivity index (χ1) is 12.7. The van der Waals surface area contributed by atoms with Gasteiger partial charge in [-0.15, -0.1) is 0 Å². The van der Waals surface area contributed by atoms with Crippen LogP contribution >= 0.6 is 0 Å². The predicted molar refractivity (Wildman–Crippen MR) is 90.1 cm³/mol. The lowest BCUT2D eigenvalue weighted by atomic mass is 10.1. The van der Waals surface area contributed by atoms with Gasteiger partial charge in [0.05, 0.1) is 13.0 Å². The number of carbonyl (C=O) groups excluding carboxylic acids is 1. The Balaban J connectivity index is 1.40. The Hall–Kier alpha value is -3.47. The maximum atomic E-state index is 12.6. The topological polar surface area (TPSA) is 105 Å². The van der Waals surface area contributed by atoms with Crippen molar-refractivity contribution in [1.29, 1.82) is 5.26 Å². The monoisotopic (exact) mass is 349 g/mol. The van der Waals surface area contributed by atoms with E-state index in [1.807, 2.05) is 30.3 Å². The summed E-state index contributed by atoms with van der Waals surface area (Å²) in [6.07, 6.45) is 3.56. The summed E-state index contributed by atoms with van der Waals surface area (Å²) in [6, 6.07) is 9.42. The van der Waals surface area contributed by atoms with Crippen molar-refractivity contribution in [1.82, 2.24) is 20.0 Å². The minimum Gasteiger partial charge on any atom is -0.470 e. The van der Waals surface area contributed by atoms with Crippen molar-refractivity contribution in [3.05, 3.63) is 48.0 Å². The average Bonchev–Trinajstić information content (AvgIpc) is 3.30. The van der Waals surface area contributed by atoms with E-state index in [-0.39, 0.29) is 30.0 Å². The third-order valence-corrected chi connectivity index (χ3v) is 4.32. The molecule has 0 unspecified atom stereocenters. The third kappa shape index (κ3) is 3.07. The van der Waals surface area contributed by atoms with E-state index in [9.17, 15) is 4.79 Å². The summed E-state index contributed by atoms with van der Waals surface area (Å²) >= 11 is 0. The molecule has 0 spiro atoms. The van der Waals surface area contributed by atoms with Gasteiger partial charge in [0, 0.05) is 30.7 Å². The SMILES string of the molecule is N#Cc1nccnc1O[C@H]1CCN(C(=O)Cc2noc3ccccc23)C1. The van der Waals surface area contributed by atoms with Crippen LogP contribution in [-0.4, -0.2) is 45.1 Å². The van der Waals surface area contributed by atoms with Crippen LogP contribution in [0.3, 0.4) is 0 Å². The summed E-state index contributed by atoms with van der Waals surface area (Å²) in [5, 5.41) is 13.9. The number of benzene rings is 1. The standard InChI is InChI=1S/C18H15N5O3/c19-10-15-18(21-7-6-20-15)25-12-5-8-23(11-12)17(24)9-14-13-3-1-2-4-16(13)26-22-14/h1-4,6-7,12H,5,8-9,11H2/t12-/m0/s1. The number of fused-ring (bicyclic) bond motifs is 1. The van der Waals surface area contributed by atoms with E-state index in [1.165, 1.54) is 12.4 Å². The Morgan fingerprint density at radius 2 is 2.19 bits per heavy atom. The number of rotatable bonds is 4. The number of hydrogen-bond donors (Lipinski definition) is 0. The first-order valence-corrected chi connectivity index (χ1v) is 8.23. The van der Waals surface area contributed by atoms with Crippen molar-refractivity contribution in [2.75, 3.05) is 13.1 Å². The van der Waals surface area contributed by atoms with Crippen LogP contribution in [-0.2, 0) is 11.2 Å². The number of carbonyl (C=O) groups is 1. The van der Waals surface area contributed by atoms with E-state index in [0.717, 1.165) is 5.39 Å².